The molecule has 0 aliphatic carbocycles. The normalized spacial score (nSPS) is 22.3. The lowest BCUT2D eigenvalue weighted by atomic mass is 10.0. The van der Waals surface area contributed by atoms with Crippen LogP contribution in [0.5, 0.6) is 0 Å². The largest absolute Gasteiger partial charge is 0.316 e. The molecule has 0 radical (unpaired) electrons. The first-order chi connectivity index (χ1) is 8.45. The van der Waals surface area contributed by atoms with Gasteiger partial charge in [-0.3, -0.25) is 9.63 Å². The molecular formula is C11H17FN4O2. The van der Waals surface area contributed by atoms with Crippen LogP contribution in [0.1, 0.15) is 48.9 Å². The van der Waals surface area contributed by atoms with E-state index in [1.54, 1.807) is 0 Å². The van der Waals surface area contributed by atoms with Gasteiger partial charge in [-0.1, -0.05) is 13.8 Å². The van der Waals surface area contributed by atoms with Crippen molar-refractivity contribution in [2.24, 2.45) is 5.92 Å². The highest BCUT2D eigenvalue weighted by Crippen LogP contribution is 2.39. The van der Waals surface area contributed by atoms with Crippen LogP contribution >= 0.6 is 0 Å². The Balaban J connectivity index is 2.32. The van der Waals surface area contributed by atoms with Crippen LogP contribution in [-0.2, 0) is 4.84 Å². The Morgan fingerprint density at radius 1 is 1.61 bits per heavy atom. The van der Waals surface area contributed by atoms with Crippen molar-refractivity contribution in [2.75, 3.05) is 14.2 Å². The lowest BCUT2D eigenvalue weighted by Crippen LogP contribution is -2.27. The third kappa shape index (κ3) is 1.98. The number of fused-ring (bicyclic) bond motifs is 1. The molecule has 18 heavy (non-hydrogen) atoms. The summed E-state index contributed by atoms with van der Waals surface area (Å²) < 4.78 is 15.3. The van der Waals surface area contributed by atoms with Crippen LogP contribution in [0.15, 0.2) is 0 Å². The molecule has 0 unspecified atom stereocenters. The van der Waals surface area contributed by atoms with E-state index < -0.39 is 12.1 Å². The van der Waals surface area contributed by atoms with Gasteiger partial charge in [-0.2, -0.15) is 0 Å². The van der Waals surface area contributed by atoms with Crippen molar-refractivity contribution in [1.82, 2.24) is 19.8 Å². The molecular weight excluding hydrogens is 239 g/mol. The smallest absolute Gasteiger partial charge is 0.274 e. The van der Waals surface area contributed by atoms with Gasteiger partial charge in [-0.05, 0) is 5.92 Å². The van der Waals surface area contributed by atoms with Crippen LogP contribution in [0, 0.1) is 5.92 Å². The summed E-state index contributed by atoms with van der Waals surface area (Å²) in [6.45, 7) is 3.99. The van der Waals surface area contributed by atoms with Gasteiger partial charge in [0.05, 0.1) is 13.2 Å². The Kier molecular flexibility index (Phi) is 3.34. The first kappa shape index (κ1) is 12.9. The minimum absolute atomic E-state index is 0.0256. The zero-order valence-electron chi connectivity index (χ0n) is 10.9. The van der Waals surface area contributed by atoms with Crippen LogP contribution in [0.3, 0.4) is 0 Å². The van der Waals surface area contributed by atoms with E-state index in [4.69, 9.17) is 4.84 Å². The maximum atomic E-state index is 13.8. The van der Waals surface area contributed by atoms with Crippen LogP contribution < -0.4 is 0 Å². The van der Waals surface area contributed by atoms with Gasteiger partial charge in [-0.25, -0.2) is 19.1 Å². The summed E-state index contributed by atoms with van der Waals surface area (Å²) in [4.78, 5) is 20.6. The predicted molar refractivity (Wildman–Crippen MR) is 61.5 cm³/mol. The van der Waals surface area contributed by atoms with Gasteiger partial charge in [0.25, 0.3) is 0 Å². The van der Waals surface area contributed by atoms with Gasteiger partial charge in [0.1, 0.15) is 0 Å². The molecule has 7 heteroatoms. The zero-order valence-corrected chi connectivity index (χ0v) is 10.9. The summed E-state index contributed by atoms with van der Waals surface area (Å²) in [5, 5.41) is 5.12. The number of halogens is 1. The number of alkyl halides is 1. The van der Waals surface area contributed by atoms with Crippen molar-refractivity contribution in [3.8, 4) is 0 Å². The van der Waals surface area contributed by atoms with Gasteiger partial charge in [-0.15, -0.1) is 5.10 Å². The molecule has 1 aliphatic heterocycles. The zero-order chi connectivity index (χ0) is 13.4. The van der Waals surface area contributed by atoms with Crippen LogP contribution in [0.2, 0.25) is 0 Å². The number of nitrogens with zero attached hydrogens (tertiary/aromatic N) is 4. The second-order valence-electron chi connectivity index (χ2n) is 4.74. The highest BCUT2D eigenvalue weighted by Gasteiger charge is 2.37. The molecule has 0 fully saturated rings. The molecule has 100 valence electrons. The summed E-state index contributed by atoms with van der Waals surface area (Å²) in [5.41, 5.74) is 0. The quantitative estimate of drug-likeness (QED) is 0.769. The predicted octanol–water partition coefficient (Wildman–Crippen LogP) is 1.52. The number of carbonyl (C=O) groups excluding carboxylic acids is 1. The van der Waals surface area contributed by atoms with E-state index >= 15 is 0 Å². The van der Waals surface area contributed by atoms with E-state index in [2.05, 4.69) is 10.1 Å². The van der Waals surface area contributed by atoms with Crippen molar-refractivity contribution in [1.29, 1.82) is 0 Å². The van der Waals surface area contributed by atoms with Crippen molar-refractivity contribution in [3.63, 3.8) is 0 Å². The van der Waals surface area contributed by atoms with Crippen LogP contribution in [-0.4, -0.2) is 39.9 Å². The van der Waals surface area contributed by atoms with E-state index in [0.717, 1.165) is 5.06 Å². The molecule has 0 aromatic carbocycles. The molecule has 6 nitrogen and oxygen atoms in total. The number of hydrogen-bond acceptors (Lipinski definition) is 4. The summed E-state index contributed by atoms with van der Waals surface area (Å²) in [6, 6.07) is -0.0445. The summed E-state index contributed by atoms with van der Waals surface area (Å²) >= 11 is 0. The highest BCUT2D eigenvalue weighted by atomic mass is 19.1. The van der Waals surface area contributed by atoms with E-state index in [0.29, 0.717) is 6.42 Å². The van der Waals surface area contributed by atoms with Gasteiger partial charge in [0, 0.05) is 13.5 Å². The molecule has 0 bridgehead atoms. The molecule has 2 rings (SSSR count). The van der Waals surface area contributed by atoms with Crippen LogP contribution in [0.25, 0.3) is 0 Å². The number of aromatic nitrogens is 3. The van der Waals surface area contributed by atoms with E-state index in [-0.39, 0.29) is 23.6 Å². The topological polar surface area (TPSA) is 60.2 Å². The molecule has 0 spiro atoms. The SMILES string of the molecule is CON(C)C(=O)c1nc2n(n1)[C@H](C(C)C)C[C@@H]2F. The highest BCUT2D eigenvalue weighted by molar-refractivity contribution is 5.89. The third-order valence-electron chi connectivity index (χ3n) is 3.22. The average Bonchev–Trinajstić information content (AvgIpc) is 2.88. The maximum Gasteiger partial charge on any atom is 0.316 e. The Morgan fingerprint density at radius 2 is 2.28 bits per heavy atom. The third-order valence-corrected chi connectivity index (χ3v) is 3.22. The minimum Gasteiger partial charge on any atom is -0.274 e. The molecule has 0 N–H and O–H groups in total. The molecule has 0 saturated heterocycles. The summed E-state index contributed by atoms with van der Waals surface area (Å²) in [7, 11) is 2.83. The summed E-state index contributed by atoms with van der Waals surface area (Å²) in [5.74, 6) is -0.0210. The molecule has 1 aliphatic rings. The first-order valence-corrected chi connectivity index (χ1v) is 5.88. The maximum absolute atomic E-state index is 13.8. The molecule has 1 aromatic rings. The van der Waals surface area contributed by atoms with E-state index in [9.17, 15) is 9.18 Å². The number of rotatable bonds is 3. The fourth-order valence-corrected chi connectivity index (χ4v) is 2.08. The van der Waals surface area contributed by atoms with E-state index in [1.165, 1.54) is 18.8 Å². The van der Waals surface area contributed by atoms with Gasteiger partial charge in [0.2, 0.25) is 5.82 Å². The second kappa shape index (κ2) is 4.64. The lowest BCUT2D eigenvalue weighted by Gasteiger charge is -2.15. The summed E-state index contributed by atoms with van der Waals surface area (Å²) in [6.07, 6.45) is -0.777. The van der Waals surface area contributed by atoms with Crippen molar-refractivity contribution < 1.29 is 14.0 Å². The van der Waals surface area contributed by atoms with Gasteiger partial charge in [0.15, 0.2) is 12.0 Å². The Bertz CT molecular complexity index is 460. The molecule has 2 heterocycles. The second-order valence-corrected chi connectivity index (χ2v) is 4.74. The van der Waals surface area contributed by atoms with Crippen molar-refractivity contribution >= 4 is 5.91 Å². The fourth-order valence-electron chi connectivity index (χ4n) is 2.08. The fraction of sp³-hybridized carbons (Fsp3) is 0.727. The van der Waals surface area contributed by atoms with E-state index in [1.807, 2.05) is 13.8 Å². The molecule has 0 saturated carbocycles. The molecule has 2 atom stereocenters. The first-order valence-electron chi connectivity index (χ1n) is 5.88. The minimum atomic E-state index is -1.15. The van der Waals surface area contributed by atoms with Crippen molar-refractivity contribution in [3.05, 3.63) is 11.6 Å². The lowest BCUT2D eigenvalue weighted by molar-refractivity contribution is -0.0764. The van der Waals surface area contributed by atoms with Crippen LogP contribution in [0.4, 0.5) is 4.39 Å². The Hall–Kier alpha value is -1.50. The number of carbonyl (C=O) groups is 1. The number of hydroxylamine groups is 2. The molecule has 1 amide bonds. The van der Waals surface area contributed by atoms with Gasteiger partial charge < -0.3 is 0 Å². The monoisotopic (exact) mass is 256 g/mol. The number of amides is 1. The molecule has 1 aromatic heterocycles. The Morgan fingerprint density at radius 3 is 2.83 bits per heavy atom. The number of hydrogen-bond donors (Lipinski definition) is 0. The van der Waals surface area contributed by atoms with Gasteiger partial charge >= 0.3 is 5.91 Å². The standard InChI is InChI=1S/C11H17FN4O2/c1-6(2)8-5-7(12)10-13-9(14-16(8)10)11(17)15(3)18-4/h6-8H,5H2,1-4H3/t7-,8-/m0/s1. The Labute approximate surface area is 105 Å². The van der Waals surface area contributed by atoms with Crippen molar-refractivity contribution in [2.45, 2.75) is 32.5 Å². The average molecular weight is 256 g/mol.